The van der Waals surface area contributed by atoms with Crippen molar-refractivity contribution in [3.63, 3.8) is 0 Å². The number of rotatable bonds is 3. The summed E-state index contributed by atoms with van der Waals surface area (Å²) in [7, 11) is 0. The van der Waals surface area contributed by atoms with E-state index in [1.165, 1.54) is 0 Å². The molecule has 2 aromatic rings. The number of aromatic amines is 2. The molecular formula is C12H8N6O4. The highest BCUT2D eigenvalue weighted by atomic mass is 16.2. The lowest BCUT2D eigenvalue weighted by Gasteiger charge is -2.07. The van der Waals surface area contributed by atoms with E-state index in [4.69, 9.17) is 10.5 Å². The van der Waals surface area contributed by atoms with E-state index in [1.807, 2.05) is 9.97 Å². The molecule has 0 spiro atoms. The first-order chi connectivity index (χ1) is 10.5. The second kappa shape index (κ2) is 5.76. The van der Waals surface area contributed by atoms with Crippen LogP contribution in [-0.2, 0) is 13.1 Å². The van der Waals surface area contributed by atoms with Gasteiger partial charge in [-0.3, -0.25) is 28.7 Å². The molecule has 0 fully saturated rings. The Balaban J connectivity index is 2.36. The highest BCUT2D eigenvalue weighted by molar-refractivity contribution is 5.22. The van der Waals surface area contributed by atoms with Gasteiger partial charge in [0.1, 0.15) is 23.3 Å². The fraction of sp³-hybridized carbons (Fsp3) is 0.167. The fourth-order valence-corrected chi connectivity index (χ4v) is 1.73. The third-order valence-corrected chi connectivity index (χ3v) is 2.84. The van der Waals surface area contributed by atoms with Gasteiger partial charge in [0.25, 0.3) is 11.1 Å². The molecule has 0 aliphatic rings. The van der Waals surface area contributed by atoms with E-state index in [-0.39, 0.29) is 24.2 Å². The highest BCUT2D eigenvalue weighted by Gasteiger charge is 2.06. The third-order valence-electron chi connectivity index (χ3n) is 2.84. The van der Waals surface area contributed by atoms with Gasteiger partial charge in [-0.25, -0.2) is 9.59 Å². The van der Waals surface area contributed by atoms with Gasteiger partial charge < -0.3 is 0 Å². The van der Waals surface area contributed by atoms with Gasteiger partial charge in [0.2, 0.25) is 0 Å². The number of aromatic nitrogens is 4. The van der Waals surface area contributed by atoms with Gasteiger partial charge >= 0.3 is 11.4 Å². The first-order valence-corrected chi connectivity index (χ1v) is 5.94. The number of hydrogen-bond donors (Lipinski definition) is 2. The average Bonchev–Trinajstić information content (AvgIpc) is 2.48. The molecule has 0 aliphatic heterocycles. The van der Waals surface area contributed by atoms with Crippen LogP contribution >= 0.6 is 0 Å². The summed E-state index contributed by atoms with van der Waals surface area (Å²) in [6.45, 7) is -0.0811. The summed E-state index contributed by atoms with van der Waals surface area (Å²) in [5, 5.41) is 17.5. The van der Waals surface area contributed by atoms with Gasteiger partial charge in [0.05, 0.1) is 0 Å². The SMILES string of the molecule is N#Cc1cn(CCn2cc(C#N)c(=O)[nH]c2=O)c(=O)[nH]c1=O. The standard InChI is InChI=1S/C12H8N6O4/c13-3-7-5-17(11(21)15-9(7)19)1-2-18-6-8(4-14)10(20)16-12(18)22/h5-6H,1-2H2,(H,15,19,21)(H,16,20,22). The molecule has 0 bridgehead atoms. The topological polar surface area (TPSA) is 157 Å². The second-order valence-corrected chi connectivity index (χ2v) is 4.21. The molecule has 110 valence electrons. The Morgan fingerprint density at radius 2 is 1.18 bits per heavy atom. The zero-order chi connectivity index (χ0) is 16.3. The van der Waals surface area contributed by atoms with Crippen LogP contribution in [0.1, 0.15) is 11.1 Å². The predicted molar refractivity (Wildman–Crippen MR) is 72.1 cm³/mol. The number of H-pyrrole nitrogens is 2. The molecule has 0 aromatic carbocycles. The number of hydrogen-bond acceptors (Lipinski definition) is 6. The summed E-state index contributed by atoms with van der Waals surface area (Å²) in [6, 6.07) is 3.27. The Morgan fingerprint density at radius 3 is 1.50 bits per heavy atom. The third kappa shape index (κ3) is 2.76. The molecule has 0 unspecified atom stereocenters. The molecule has 2 N–H and O–H groups in total. The smallest absolute Gasteiger partial charge is 0.297 e. The molecule has 2 aromatic heterocycles. The van der Waals surface area contributed by atoms with Crippen molar-refractivity contribution in [1.82, 2.24) is 19.1 Å². The molecule has 2 rings (SSSR count). The first kappa shape index (κ1) is 14.7. The van der Waals surface area contributed by atoms with Crippen LogP contribution in [0.4, 0.5) is 0 Å². The second-order valence-electron chi connectivity index (χ2n) is 4.21. The molecule has 0 atom stereocenters. The quantitative estimate of drug-likeness (QED) is 0.656. The summed E-state index contributed by atoms with van der Waals surface area (Å²) in [6.07, 6.45) is 2.15. The molecule has 0 saturated carbocycles. The van der Waals surface area contributed by atoms with Crippen molar-refractivity contribution in [3.8, 4) is 12.1 Å². The predicted octanol–water partition coefficient (Wildman–Crippen LogP) is -2.17. The molecule has 22 heavy (non-hydrogen) atoms. The first-order valence-electron chi connectivity index (χ1n) is 5.94. The largest absolute Gasteiger partial charge is 0.328 e. The maximum Gasteiger partial charge on any atom is 0.328 e. The Hall–Kier alpha value is -3.66. The van der Waals surface area contributed by atoms with Crippen LogP contribution in [-0.4, -0.2) is 19.1 Å². The Labute approximate surface area is 121 Å². The average molecular weight is 300 g/mol. The van der Waals surface area contributed by atoms with Gasteiger partial charge in [-0.15, -0.1) is 0 Å². The number of aryl methyl sites for hydroxylation is 2. The molecule has 0 radical (unpaired) electrons. The highest BCUT2D eigenvalue weighted by Crippen LogP contribution is 1.89. The Kier molecular flexibility index (Phi) is 3.86. The lowest BCUT2D eigenvalue weighted by atomic mass is 10.3. The van der Waals surface area contributed by atoms with Gasteiger partial charge in [0, 0.05) is 25.5 Å². The van der Waals surface area contributed by atoms with Crippen LogP contribution in [0.25, 0.3) is 0 Å². The molecule has 0 aliphatic carbocycles. The van der Waals surface area contributed by atoms with Crippen molar-refractivity contribution in [2.45, 2.75) is 13.1 Å². The lowest BCUT2D eigenvalue weighted by Crippen LogP contribution is -2.35. The van der Waals surface area contributed by atoms with Crippen LogP contribution in [0.5, 0.6) is 0 Å². The van der Waals surface area contributed by atoms with Crippen LogP contribution in [0.2, 0.25) is 0 Å². The van der Waals surface area contributed by atoms with E-state index in [1.54, 1.807) is 12.1 Å². The van der Waals surface area contributed by atoms with Gasteiger partial charge in [-0.2, -0.15) is 10.5 Å². The van der Waals surface area contributed by atoms with Crippen LogP contribution in [0, 0.1) is 22.7 Å². The normalized spacial score (nSPS) is 9.91. The minimum atomic E-state index is -0.795. The fourth-order valence-electron chi connectivity index (χ4n) is 1.73. The number of nitrogens with one attached hydrogen (secondary N) is 2. The van der Waals surface area contributed by atoms with Gasteiger partial charge in [-0.1, -0.05) is 0 Å². The van der Waals surface area contributed by atoms with E-state index in [9.17, 15) is 19.2 Å². The van der Waals surface area contributed by atoms with Crippen molar-refractivity contribution >= 4 is 0 Å². The maximum absolute atomic E-state index is 11.6. The van der Waals surface area contributed by atoms with Gasteiger partial charge in [-0.05, 0) is 0 Å². The van der Waals surface area contributed by atoms with Crippen molar-refractivity contribution in [1.29, 1.82) is 10.5 Å². The number of nitriles is 2. The minimum Gasteiger partial charge on any atom is -0.297 e. The molecule has 2 heterocycles. The van der Waals surface area contributed by atoms with Gasteiger partial charge in [0.15, 0.2) is 0 Å². The van der Waals surface area contributed by atoms with E-state index < -0.39 is 22.5 Å². The molecule has 0 saturated heterocycles. The summed E-state index contributed by atoms with van der Waals surface area (Å²) in [5.41, 5.74) is -3.55. The maximum atomic E-state index is 11.6. The molecule has 10 nitrogen and oxygen atoms in total. The summed E-state index contributed by atoms with van der Waals surface area (Å²) < 4.78 is 2.09. The van der Waals surface area contributed by atoms with E-state index in [0.717, 1.165) is 21.5 Å². The Morgan fingerprint density at radius 1 is 0.818 bits per heavy atom. The van der Waals surface area contributed by atoms with Crippen molar-refractivity contribution in [3.05, 3.63) is 65.2 Å². The van der Waals surface area contributed by atoms with Crippen LogP contribution in [0.15, 0.2) is 31.6 Å². The lowest BCUT2D eigenvalue weighted by molar-refractivity contribution is 0.532. The van der Waals surface area contributed by atoms with Crippen LogP contribution < -0.4 is 22.5 Å². The van der Waals surface area contributed by atoms with E-state index in [0.29, 0.717) is 0 Å². The minimum absolute atomic E-state index is 0.0406. The Bertz CT molecular complexity index is 954. The summed E-state index contributed by atoms with van der Waals surface area (Å²) in [5.74, 6) is 0. The monoisotopic (exact) mass is 300 g/mol. The molecular weight excluding hydrogens is 292 g/mol. The zero-order valence-corrected chi connectivity index (χ0v) is 11.0. The molecule has 0 amide bonds. The van der Waals surface area contributed by atoms with Crippen molar-refractivity contribution in [2.24, 2.45) is 0 Å². The van der Waals surface area contributed by atoms with E-state index >= 15 is 0 Å². The summed E-state index contributed by atoms with van der Waals surface area (Å²) in [4.78, 5) is 49.6. The van der Waals surface area contributed by atoms with Crippen molar-refractivity contribution < 1.29 is 0 Å². The van der Waals surface area contributed by atoms with Crippen molar-refractivity contribution in [2.75, 3.05) is 0 Å². The van der Waals surface area contributed by atoms with Crippen LogP contribution in [0.3, 0.4) is 0 Å². The van der Waals surface area contributed by atoms with E-state index in [2.05, 4.69) is 0 Å². The zero-order valence-electron chi connectivity index (χ0n) is 11.0. The number of nitrogens with zero attached hydrogens (tertiary/aromatic N) is 4. The molecule has 10 heteroatoms. The summed E-state index contributed by atoms with van der Waals surface area (Å²) >= 11 is 0.